The predicted octanol–water partition coefficient (Wildman–Crippen LogP) is 2.94. The Labute approximate surface area is 150 Å². The summed E-state index contributed by atoms with van der Waals surface area (Å²) in [6.07, 6.45) is 0.0920. The quantitative estimate of drug-likeness (QED) is 0.721. The average molecular weight is 354 g/mol. The van der Waals surface area contributed by atoms with E-state index in [1.165, 1.54) is 11.8 Å². The highest BCUT2D eigenvalue weighted by Crippen LogP contribution is 2.23. The van der Waals surface area contributed by atoms with Crippen molar-refractivity contribution >= 4 is 40.1 Å². The summed E-state index contributed by atoms with van der Waals surface area (Å²) in [5.41, 5.74) is 5.54. The first-order chi connectivity index (χ1) is 12.1. The summed E-state index contributed by atoms with van der Waals surface area (Å²) in [4.78, 5) is 24.1. The summed E-state index contributed by atoms with van der Waals surface area (Å²) in [6, 6.07) is 17.0. The molecule has 1 aliphatic rings. The molecule has 0 bridgehead atoms. The molecular weight excluding hydrogens is 336 g/mol. The van der Waals surface area contributed by atoms with Gasteiger partial charge in [-0.1, -0.05) is 47.7 Å². The largest absolute Gasteiger partial charge is 0.326 e. The van der Waals surface area contributed by atoms with E-state index >= 15 is 0 Å². The highest BCUT2D eigenvalue weighted by molar-refractivity contribution is 8.15. The lowest BCUT2D eigenvalue weighted by Crippen LogP contribution is -2.28. The second-order valence-corrected chi connectivity index (χ2v) is 6.80. The van der Waals surface area contributed by atoms with E-state index in [9.17, 15) is 9.59 Å². The Morgan fingerprint density at radius 1 is 1.12 bits per heavy atom. The second kappa shape index (κ2) is 7.85. The number of para-hydroxylation sites is 1. The topological polar surface area (TPSA) is 82.6 Å². The van der Waals surface area contributed by atoms with Crippen LogP contribution in [0.5, 0.6) is 0 Å². The highest BCUT2D eigenvalue weighted by atomic mass is 32.2. The van der Waals surface area contributed by atoms with E-state index in [0.717, 1.165) is 16.9 Å². The minimum atomic E-state index is -0.484. The molecule has 0 spiro atoms. The van der Waals surface area contributed by atoms with Crippen molar-refractivity contribution in [2.24, 2.45) is 5.10 Å². The van der Waals surface area contributed by atoms with Crippen LogP contribution in [0.4, 0.5) is 11.4 Å². The number of nitrogens with one attached hydrogen (secondary N) is 3. The van der Waals surface area contributed by atoms with Gasteiger partial charge in [-0.25, -0.2) is 0 Å². The van der Waals surface area contributed by atoms with Crippen LogP contribution in [0.3, 0.4) is 0 Å². The minimum Gasteiger partial charge on any atom is -0.326 e. The van der Waals surface area contributed by atoms with Gasteiger partial charge in [0.25, 0.3) is 0 Å². The number of hydrazone groups is 1. The van der Waals surface area contributed by atoms with Crippen molar-refractivity contribution < 1.29 is 9.59 Å². The molecule has 7 heteroatoms. The summed E-state index contributed by atoms with van der Waals surface area (Å²) < 4.78 is 0. The molecule has 3 N–H and O–H groups in total. The number of anilines is 2. The highest BCUT2D eigenvalue weighted by Gasteiger charge is 2.32. The van der Waals surface area contributed by atoms with E-state index in [1.807, 2.05) is 61.5 Å². The maximum Gasteiger partial charge on any atom is 0.240 e. The lowest BCUT2D eigenvalue weighted by molar-refractivity contribution is -0.122. The fourth-order valence-electron chi connectivity index (χ4n) is 2.24. The van der Waals surface area contributed by atoms with Crippen molar-refractivity contribution in [1.29, 1.82) is 0 Å². The molecule has 25 heavy (non-hydrogen) atoms. The zero-order chi connectivity index (χ0) is 17.6. The van der Waals surface area contributed by atoms with Crippen LogP contribution in [-0.2, 0) is 9.59 Å². The predicted molar refractivity (Wildman–Crippen MR) is 101 cm³/mol. The zero-order valence-electron chi connectivity index (χ0n) is 13.7. The van der Waals surface area contributed by atoms with Gasteiger partial charge in [-0.15, -0.1) is 5.10 Å². The molecule has 2 amide bonds. The van der Waals surface area contributed by atoms with Gasteiger partial charge < -0.3 is 10.6 Å². The molecule has 0 saturated carbocycles. The molecule has 2 aromatic carbocycles. The first kappa shape index (κ1) is 17.0. The van der Waals surface area contributed by atoms with Gasteiger partial charge in [-0.3, -0.25) is 15.0 Å². The molecule has 3 rings (SSSR count). The van der Waals surface area contributed by atoms with Crippen LogP contribution < -0.4 is 16.1 Å². The number of amides is 2. The Hall–Kier alpha value is -2.80. The number of hydrogen-bond acceptors (Lipinski definition) is 5. The van der Waals surface area contributed by atoms with Crippen LogP contribution in [0.1, 0.15) is 12.0 Å². The smallest absolute Gasteiger partial charge is 0.240 e. The molecule has 1 aliphatic heterocycles. The van der Waals surface area contributed by atoms with E-state index in [4.69, 9.17) is 0 Å². The standard InChI is InChI=1S/C18H18N4O2S/c1-12-7-9-13(10-8-12)19-16(23)11-15-17(24)20-18(25-15)22-21-14-5-3-2-4-6-14/h2-10,15,21H,11H2,1H3,(H,19,23)(H,20,22,24)/t15-/m1/s1. The molecule has 1 heterocycles. The third kappa shape index (κ3) is 4.84. The van der Waals surface area contributed by atoms with Crippen LogP contribution in [0, 0.1) is 6.92 Å². The summed E-state index contributed by atoms with van der Waals surface area (Å²) in [7, 11) is 0. The lowest BCUT2D eigenvalue weighted by Gasteiger charge is -2.07. The van der Waals surface area contributed by atoms with Gasteiger partial charge in [0, 0.05) is 12.1 Å². The Bertz CT molecular complexity index is 790. The molecule has 1 saturated heterocycles. The van der Waals surface area contributed by atoms with Crippen molar-refractivity contribution in [2.45, 2.75) is 18.6 Å². The van der Waals surface area contributed by atoms with Crippen molar-refractivity contribution in [3.63, 3.8) is 0 Å². The Morgan fingerprint density at radius 3 is 2.56 bits per heavy atom. The summed E-state index contributed by atoms with van der Waals surface area (Å²) in [5.74, 6) is -0.411. The van der Waals surface area contributed by atoms with Crippen molar-refractivity contribution in [3.8, 4) is 0 Å². The van der Waals surface area contributed by atoms with E-state index in [-0.39, 0.29) is 18.2 Å². The van der Waals surface area contributed by atoms with Gasteiger partial charge >= 0.3 is 0 Å². The van der Waals surface area contributed by atoms with Crippen LogP contribution in [0.15, 0.2) is 59.7 Å². The molecule has 0 unspecified atom stereocenters. The molecule has 0 aromatic heterocycles. The number of thioether (sulfide) groups is 1. The van der Waals surface area contributed by atoms with Crippen molar-refractivity contribution in [3.05, 3.63) is 60.2 Å². The van der Waals surface area contributed by atoms with Gasteiger partial charge in [0.05, 0.1) is 5.69 Å². The monoisotopic (exact) mass is 354 g/mol. The Morgan fingerprint density at radius 2 is 1.84 bits per heavy atom. The minimum absolute atomic E-state index is 0.0920. The fraction of sp³-hybridized carbons (Fsp3) is 0.167. The number of hydrogen-bond donors (Lipinski definition) is 3. The number of carbonyl (C=O) groups is 2. The molecule has 1 fully saturated rings. The maximum absolute atomic E-state index is 12.1. The summed E-state index contributed by atoms with van der Waals surface area (Å²) >= 11 is 1.25. The molecule has 2 aromatic rings. The zero-order valence-corrected chi connectivity index (χ0v) is 14.5. The third-order valence-corrected chi connectivity index (χ3v) is 4.62. The number of rotatable bonds is 5. The SMILES string of the molecule is Cc1ccc(NC(=O)C[C@H]2SC(=NNc3ccccc3)NC2=O)cc1. The van der Waals surface area contributed by atoms with Gasteiger partial charge in [-0.2, -0.15) is 0 Å². The molecular formula is C18H18N4O2S. The van der Waals surface area contributed by atoms with Gasteiger partial charge in [0.2, 0.25) is 11.8 Å². The van der Waals surface area contributed by atoms with Crippen LogP contribution in [0.2, 0.25) is 0 Å². The summed E-state index contributed by atoms with van der Waals surface area (Å²) in [6.45, 7) is 1.98. The molecule has 6 nitrogen and oxygen atoms in total. The number of aryl methyl sites for hydroxylation is 1. The van der Waals surface area contributed by atoms with Crippen LogP contribution in [-0.4, -0.2) is 22.2 Å². The second-order valence-electron chi connectivity index (χ2n) is 5.61. The average Bonchev–Trinajstić information content (AvgIpc) is 2.96. The molecule has 128 valence electrons. The Balaban J connectivity index is 1.53. The first-order valence-electron chi connectivity index (χ1n) is 7.83. The third-order valence-electron chi connectivity index (χ3n) is 3.54. The van der Waals surface area contributed by atoms with Gasteiger partial charge in [0.15, 0.2) is 5.17 Å². The van der Waals surface area contributed by atoms with Gasteiger partial charge in [0.1, 0.15) is 5.25 Å². The van der Waals surface area contributed by atoms with Crippen LogP contribution in [0.25, 0.3) is 0 Å². The van der Waals surface area contributed by atoms with Crippen LogP contribution >= 0.6 is 11.8 Å². The molecule has 1 atom stereocenters. The van der Waals surface area contributed by atoms with E-state index < -0.39 is 5.25 Å². The number of nitrogens with zero attached hydrogens (tertiary/aromatic N) is 1. The number of benzene rings is 2. The first-order valence-corrected chi connectivity index (χ1v) is 8.71. The maximum atomic E-state index is 12.1. The van der Waals surface area contributed by atoms with E-state index in [1.54, 1.807) is 0 Å². The van der Waals surface area contributed by atoms with E-state index in [2.05, 4.69) is 21.2 Å². The fourth-order valence-corrected chi connectivity index (χ4v) is 3.17. The lowest BCUT2D eigenvalue weighted by atomic mass is 10.2. The molecule has 0 radical (unpaired) electrons. The Kier molecular flexibility index (Phi) is 5.35. The summed E-state index contributed by atoms with van der Waals surface area (Å²) in [5, 5.41) is 9.62. The van der Waals surface area contributed by atoms with E-state index in [0.29, 0.717) is 5.17 Å². The van der Waals surface area contributed by atoms with Crippen molar-refractivity contribution in [2.75, 3.05) is 10.7 Å². The number of amidine groups is 1. The number of carbonyl (C=O) groups excluding carboxylic acids is 2. The van der Waals surface area contributed by atoms with Gasteiger partial charge in [-0.05, 0) is 31.2 Å². The molecule has 0 aliphatic carbocycles. The van der Waals surface area contributed by atoms with Crippen molar-refractivity contribution in [1.82, 2.24) is 5.32 Å². The normalized spacial score (nSPS) is 18.0.